The van der Waals surface area contributed by atoms with Crippen LogP contribution in [0.1, 0.15) is 23.2 Å². The molecule has 4 rings (SSSR count). The zero-order chi connectivity index (χ0) is 28.9. The maximum Gasteiger partial charge on any atom is 0.330 e. The molecule has 2 heterocycles. The van der Waals surface area contributed by atoms with Gasteiger partial charge in [0, 0.05) is 25.3 Å². The molecule has 2 N–H and O–H groups in total. The predicted molar refractivity (Wildman–Crippen MR) is 152 cm³/mol. The van der Waals surface area contributed by atoms with E-state index in [1.165, 1.54) is 19.2 Å². The summed E-state index contributed by atoms with van der Waals surface area (Å²) in [7, 11) is 1.18. The number of carbonyl (C=O) groups is 4. The first-order chi connectivity index (χ1) is 19.2. The molecule has 0 bridgehead atoms. The van der Waals surface area contributed by atoms with Crippen LogP contribution in [0, 0.1) is 0 Å². The van der Waals surface area contributed by atoms with Crippen molar-refractivity contribution in [2.24, 2.45) is 0 Å². The van der Waals surface area contributed by atoms with Gasteiger partial charge in [-0.2, -0.15) is 0 Å². The summed E-state index contributed by atoms with van der Waals surface area (Å²) in [6, 6.07) is 12.7. The smallest absolute Gasteiger partial charge is 0.330 e. The molecular formula is C28H31Cl2N5O5. The summed E-state index contributed by atoms with van der Waals surface area (Å²) in [5.41, 5.74) is 0.190. The van der Waals surface area contributed by atoms with Crippen LogP contribution >= 0.6 is 23.2 Å². The van der Waals surface area contributed by atoms with Crippen LogP contribution in [-0.2, 0) is 14.3 Å². The van der Waals surface area contributed by atoms with E-state index in [2.05, 4.69) is 22.1 Å². The molecule has 0 unspecified atom stereocenters. The standard InChI is InChI=1S/C28H31Cl2N5O5/c1-3-14-34-18-35(19-8-5-4-6-9-19)28(26(34)38)12-15-33(16-13-28)27(39)31-17-22(25(37)40-2)32-24(36)23-20(29)10-7-11-21(23)30/h3-11,22H,1,12-18H2,2H3,(H,31,39)(H,32,36)/t22-/m0/s1. The molecule has 0 aromatic heterocycles. The van der Waals surface area contributed by atoms with Gasteiger partial charge in [-0.3, -0.25) is 9.59 Å². The van der Waals surface area contributed by atoms with Gasteiger partial charge in [-0.05, 0) is 37.1 Å². The number of benzene rings is 2. The monoisotopic (exact) mass is 587 g/mol. The minimum Gasteiger partial charge on any atom is -0.467 e. The van der Waals surface area contributed by atoms with E-state index in [0.29, 0.717) is 39.1 Å². The number of nitrogens with one attached hydrogen (secondary N) is 2. The highest BCUT2D eigenvalue weighted by molar-refractivity contribution is 6.39. The second-order valence-corrected chi connectivity index (χ2v) is 10.4. The number of amides is 4. The minimum absolute atomic E-state index is 0.0158. The summed E-state index contributed by atoms with van der Waals surface area (Å²) in [5.74, 6) is -1.40. The Morgan fingerprint density at radius 1 is 1.07 bits per heavy atom. The lowest BCUT2D eigenvalue weighted by Gasteiger charge is -2.43. The molecule has 2 aliphatic heterocycles. The van der Waals surface area contributed by atoms with Crippen LogP contribution in [0.15, 0.2) is 61.2 Å². The van der Waals surface area contributed by atoms with Crippen molar-refractivity contribution in [2.75, 3.05) is 44.9 Å². The molecule has 40 heavy (non-hydrogen) atoms. The number of para-hydroxylation sites is 1. The quantitative estimate of drug-likeness (QED) is 0.362. The Morgan fingerprint density at radius 2 is 1.73 bits per heavy atom. The van der Waals surface area contributed by atoms with E-state index >= 15 is 0 Å². The van der Waals surface area contributed by atoms with Crippen LogP contribution in [0.5, 0.6) is 0 Å². The summed E-state index contributed by atoms with van der Waals surface area (Å²) >= 11 is 12.2. The number of esters is 1. The number of ether oxygens (including phenoxy) is 1. The van der Waals surface area contributed by atoms with Crippen LogP contribution in [0.3, 0.4) is 0 Å². The second-order valence-electron chi connectivity index (χ2n) is 9.57. The fraction of sp³-hybridized carbons (Fsp3) is 0.357. The molecule has 2 aromatic carbocycles. The largest absolute Gasteiger partial charge is 0.467 e. The molecule has 2 aromatic rings. The molecule has 212 valence electrons. The molecule has 4 amide bonds. The molecule has 0 radical (unpaired) electrons. The van der Waals surface area contributed by atoms with Gasteiger partial charge in [0.15, 0.2) is 0 Å². The van der Waals surface area contributed by atoms with Crippen LogP contribution in [0.4, 0.5) is 10.5 Å². The number of carbonyl (C=O) groups excluding carboxylic acids is 4. The van der Waals surface area contributed by atoms with Crippen molar-refractivity contribution >= 4 is 52.7 Å². The number of rotatable bonds is 8. The van der Waals surface area contributed by atoms with Gasteiger partial charge in [0.2, 0.25) is 5.91 Å². The van der Waals surface area contributed by atoms with Crippen LogP contribution < -0.4 is 15.5 Å². The summed E-state index contributed by atoms with van der Waals surface area (Å²) in [5, 5.41) is 5.47. The van der Waals surface area contributed by atoms with E-state index in [4.69, 9.17) is 27.9 Å². The number of halogens is 2. The number of nitrogens with zero attached hydrogens (tertiary/aromatic N) is 3. The number of piperidine rings is 1. The number of likely N-dealkylation sites (tertiary alicyclic amines) is 1. The first kappa shape index (κ1) is 29.2. The van der Waals surface area contributed by atoms with Crippen molar-refractivity contribution < 1.29 is 23.9 Å². The van der Waals surface area contributed by atoms with Gasteiger partial charge < -0.3 is 30.1 Å². The highest BCUT2D eigenvalue weighted by atomic mass is 35.5. The van der Waals surface area contributed by atoms with Gasteiger partial charge in [0.05, 0.1) is 35.9 Å². The van der Waals surface area contributed by atoms with Crippen LogP contribution in [0.2, 0.25) is 10.0 Å². The van der Waals surface area contributed by atoms with E-state index in [1.807, 2.05) is 30.3 Å². The van der Waals surface area contributed by atoms with E-state index < -0.39 is 29.5 Å². The molecule has 12 heteroatoms. The van der Waals surface area contributed by atoms with Gasteiger partial charge in [-0.25, -0.2) is 9.59 Å². The number of urea groups is 1. The Labute approximate surface area is 242 Å². The average Bonchev–Trinajstić information content (AvgIpc) is 3.21. The second kappa shape index (κ2) is 12.6. The normalized spacial score (nSPS) is 17.0. The van der Waals surface area contributed by atoms with Crippen molar-refractivity contribution in [1.82, 2.24) is 20.4 Å². The van der Waals surface area contributed by atoms with Gasteiger partial charge in [-0.1, -0.05) is 53.5 Å². The van der Waals surface area contributed by atoms with Crippen LogP contribution in [-0.4, -0.2) is 85.2 Å². The number of methoxy groups -OCH3 is 1. The minimum atomic E-state index is -1.18. The Morgan fingerprint density at radius 3 is 2.33 bits per heavy atom. The van der Waals surface area contributed by atoms with Gasteiger partial charge in [0.1, 0.15) is 11.6 Å². The lowest BCUT2D eigenvalue weighted by molar-refractivity contribution is -0.142. The van der Waals surface area contributed by atoms with Gasteiger partial charge in [-0.15, -0.1) is 6.58 Å². The Balaban J connectivity index is 1.41. The zero-order valence-electron chi connectivity index (χ0n) is 22.1. The average molecular weight is 588 g/mol. The summed E-state index contributed by atoms with van der Waals surface area (Å²) in [6.07, 6.45) is 2.58. The third kappa shape index (κ3) is 5.88. The Hall–Kier alpha value is -3.76. The van der Waals surface area contributed by atoms with Gasteiger partial charge in [0.25, 0.3) is 5.91 Å². The lowest BCUT2D eigenvalue weighted by Crippen LogP contribution is -2.59. The zero-order valence-corrected chi connectivity index (χ0v) is 23.6. The lowest BCUT2D eigenvalue weighted by atomic mass is 9.85. The molecule has 10 nitrogen and oxygen atoms in total. The Kier molecular flexibility index (Phi) is 9.21. The highest BCUT2D eigenvalue weighted by Crippen LogP contribution is 2.39. The molecule has 1 spiro atoms. The van der Waals surface area contributed by atoms with Crippen molar-refractivity contribution in [3.63, 3.8) is 0 Å². The first-order valence-corrected chi connectivity index (χ1v) is 13.6. The molecule has 2 fully saturated rings. The maximum atomic E-state index is 13.5. The van der Waals surface area contributed by atoms with E-state index in [1.54, 1.807) is 21.9 Å². The van der Waals surface area contributed by atoms with Crippen molar-refractivity contribution in [3.8, 4) is 0 Å². The third-order valence-corrected chi connectivity index (χ3v) is 7.88. The maximum absolute atomic E-state index is 13.5. The van der Waals surface area contributed by atoms with Crippen molar-refractivity contribution in [3.05, 3.63) is 76.8 Å². The third-order valence-electron chi connectivity index (χ3n) is 7.25. The molecule has 0 saturated carbocycles. The summed E-state index contributed by atoms with van der Waals surface area (Å²) < 4.78 is 4.81. The van der Waals surface area contributed by atoms with E-state index in [9.17, 15) is 19.2 Å². The number of hydrogen-bond acceptors (Lipinski definition) is 6. The van der Waals surface area contributed by atoms with E-state index in [-0.39, 0.29) is 28.1 Å². The first-order valence-electron chi connectivity index (χ1n) is 12.8. The van der Waals surface area contributed by atoms with E-state index in [0.717, 1.165) is 5.69 Å². The topological polar surface area (TPSA) is 111 Å². The van der Waals surface area contributed by atoms with Gasteiger partial charge >= 0.3 is 12.0 Å². The number of anilines is 1. The SMILES string of the molecule is C=CCN1CN(c2ccccc2)C2(CCN(C(=O)NC[C@H](NC(=O)c3c(Cl)cccc3Cl)C(=O)OC)CC2)C1=O. The van der Waals surface area contributed by atoms with Crippen molar-refractivity contribution in [2.45, 2.75) is 24.4 Å². The molecule has 2 aliphatic rings. The summed E-state index contributed by atoms with van der Waals surface area (Å²) in [4.78, 5) is 57.2. The fourth-order valence-electron chi connectivity index (χ4n) is 5.16. The highest BCUT2D eigenvalue weighted by Gasteiger charge is 2.53. The molecule has 0 aliphatic carbocycles. The van der Waals surface area contributed by atoms with Crippen molar-refractivity contribution in [1.29, 1.82) is 0 Å². The summed E-state index contributed by atoms with van der Waals surface area (Å²) in [6.45, 7) is 5.09. The molecule has 1 atom stereocenters. The fourth-order valence-corrected chi connectivity index (χ4v) is 5.73. The van der Waals surface area contributed by atoms with Crippen LogP contribution in [0.25, 0.3) is 0 Å². The molecule has 2 saturated heterocycles. The Bertz CT molecular complexity index is 1260. The predicted octanol–water partition coefficient (Wildman–Crippen LogP) is 3.30. The number of hydrogen-bond donors (Lipinski definition) is 2. The molecular weight excluding hydrogens is 557 g/mol.